The highest BCUT2D eigenvalue weighted by atomic mass is 79.9. The zero-order valence-corrected chi connectivity index (χ0v) is 29.2. The quantitative estimate of drug-likeness (QED) is 0.188. The summed E-state index contributed by atoms with van der Waals surface area (Å²) in [5, 5.41) is 20.2. The van der Waals surface area contributed by atoms with E-state index >= 15 is 0 Å². The number of carbonyl (C=O) groups is 3. The Morgan fingerprint density at radius 1 is 0.920 bits per heavy atom. The van der Waals surface area contributed by atoms with Crippen molar-refractivity contribution in [3.05, 3.63) is 93.7 Å². The number of fused-ring (bicyclic) bond motifs is 2. The van der Waals surface area contributed by atoms with Crippen LogP contribution in [0.3, 0.4) is 0 Å². The highest BCUT2D eigenvalue weighted by Crippen LogP contribution is 2.41. The minimum absolute atomic E-state index is 0.0107. The number of aryl methyl sites for hydroxylation is 1. The number of carbonyl (C=O) groups excluding carboxylic acids is 1. The van der Waals surface area contributed by atoms with Gasteiger partial charge < -0.3 is 34.2 Å². The Morgan fingerprint density at radius 2 is 1.64 bits per heavy atom. The van der Waals surface area contributed by atoms with Gasteiger partial charge in [-0.05, 0) is 101 Å². The minimum atomic E-state index is -1.18. The Morgan fingerprint density at radius 3 is 2.30 bits per heavy atom. The maximum Gasteiger partial charge on any atom is 0.408 e. The third-order valence-electron chi connectivity index (χ3n) is 9.35. The van der Waals surface area contributed by atoms with Gasteiger partial charge in [0.25, 0.3) is 5.91 Å². The van der Waals surface area contributed by atoms with Crippen LogP contribution in [0.25, 0.3) is 5.57 Å². The lowest BCUT2D eigenvalue weighted by molar-refractivity contribution is -0.129. The Balaban J connectivity index is 1.24. The molecule has 0 spiro atoms. The average molecular weight is 753 g/mol. The van der Waals surface area contributed by atoms with Crippen molar-refractivity contribution >= 4 is 39.6 Å². The van der Waals surface area contributed by atoms with Crippen molar-refractivity contribution in [3.63, 3.8) is 0 Å². The normalized spacial score (nSPS) is 18.5. The van der Waals surface area contributed by atoms with Crippen LogP contribution >= 0.6 is 15.9 Å². The number of methoxy groups -OCH3 is 1. The third-order valence-corrected chi connectivity index (χ3v) is 10.0. The summed E-state index contributed by atoms with van der Waals surface area (Å²) in [6.07, 6.45) is 0.901. The second kappa shape index (κ2) is 15.4. The zero-order chi connectivity index (χ0) is 35.4. The molecule has 3 aromatic rings. The number of nitrogens with zero attached hydrogens (tertiary/aromatic N) is 3. The first-order valence-electron chi connectivity index (χ1n) is 16.6. The first-order chi connectivity index (χ1) is 24.1. The van der Waals surface area contributed by atoms with Gasteiger partial charge in [0, 0.05) is 30.8 Å². The van der Waals surface area contributed by atoms with Gasteiger partial charge in [0.1, 0.15) is 29.7 Å². The van der Waals surface area contributed by atoms with Crippen LogP contribution in [0.15, 0.2) is 76.8 Å². The van der Waals surface area contributed by atoms with Crippen LogP contribution < -0.4 is 14.2 Å². The fourth-order valence-electron chi connectivity index (χ4n) is 6.74. The highest BCUT2D eigenvalue weighted by Gasteiger charge is 2.49. The molecule has 0 aromatic heterocycles. The van der Waals surface area contributed by atoms with Crippen LogP contribution in [0.5, 0.6) is 17.2 Å². The molecular formula is C37H39BrFN3O8. The summed E-state index contributed by atoms with van der Waals surface area (Å²) in [6, 6.07) is 17.7. The molecule has 1 saturated carbocycles. The Kier molecular flexibility index (Phi) is 10.8. The van der Waals surface area contributed by atoms with Crippen LogP contribution in [-0.2, 0) is 11.2 Å². The first-order valence-corrected chi connectivity index (χ1v) is 17.4. The molecule has 50 heavy (non-hydrogen) atoms. The Hall–Kier alpha value is -4.78. The van der Waals surface area contributed by atoms with Gasteiger partial charge in [-0.25, -0.2) is 14.0 Å². The number of benzene rings is 3. The van der Waals surface area contributed by atoms with Gasteiger partial charge >= 0.3 is 12.2 Å². The number of ether oxygens (including phenoxy) is 3. The third kappa shape index (κ3) is 7.99. The standard InChI is InChI=1S/C37H39BrFN3O8/c1-48-28-11-13-29(14-12-28)49-18-16-41(26-9-10-26)35(43)34-30(20-27-21-40(36(44)45)22-32(34)42(27)37(46)47)24-6-4-23(5-7-24)3-2-17-50-33-19-25(39)8-15-31(33)38/h4-8,11-15,19,26-27,32H,2-3,9-10,16-18,20-22H2,1H3,(H,44,45)(H,46,47). The van der Waals surface area contributed by atoms with E-state index in [0.29, 0.717) is 46.7 Å². The van der Waals surface area contributed by atoms with Crippen molar-refractivity contribution in [3.8, 4) is 17.2 Å². The van der Waals surface area contributed by atoms with Crippen molar-refractivity contribution in [2.45, 2.75) is 50.2 Å². The summed E-state index contributed by atoms with van der Waals surface area (Å²) in [4.78, 5) is 43.5. The molecule has 264 valence electrons. The van der Waals surface area contributed by atoms with Crippen LogP contribution in [0.4, 0.5) is 14.0 Å². The molecule has 11 nitrogen and oxygen atoms in total. The van der Waals surface area contributed by atoms with E-state index in [-0.39, 0.29) is 50.4 Å². The smallest absolute Gasteiger partial charge is 0.408 e. The molecule has 2 aliphatic heterocycles. The molecule has 2 unspecified atom stereocenters. The molecule has 2 heterocycles. The van der Waals surface area contributed by atoms with Gasteiger partial charge in [-0.2, -0.15) is 0 Å². The van der Waals surface area contributed by atoms with Crippen molar-refractivity contribution in [1.29, 1.82) is 0 Å². The van der Waals surface area contributed by atoms with E-state index < -0.39 is 24.3 Å². The van der Waals surface area contributed by atoms with Crippen molar-refractivity contribution in [2.75, 3.05) is 40.0 Å². The van der Waals surface area contributed by atoms with Crippen LogP contribution in [0.1, 0.15) is 36.8 Å². The lowest BCUT2D eigenvalue weighted by Gasteiger charge is -2.49. The molecule has 3 amide bonds. The molecular weight excluding hydrogens is 713 g/mol. The maximum atomic E-state index is 14.6. The molecule has 3 aromatic carbocycles. The van der Waals surface area contributed by atoms with Gasteiger partial charge in [-0.3, -0.25) is 9.69 Å². The molecule has 0 radical (unpaired) electrons. The molecule has 13 heteroatoms. The highest BCUT2D eigenvalue weighted by molar-refractivity contribution is 9.10. The summed E-state index contributed by atoms with van der Waals surface area (Å²) in [6.45, 7) is 0.781. The van der Waals surface area contributed by atoms with Crippen LogP contribution in [-0.4, -0.2) is 101 Å². The topological polar surface area (TPSA) is 129 Å². The maximum absolute atomic E-state index is 14.6. The summed E-state index contributed by atoms with van der Waals surface area (Å²) in [5.74, 6) is 1.10. The average Bonchev–Trinajstić information content (AvgIpc) is 3.95. The second-order valence-corrected chi connectivity index (χ2v) is 13.5. The van der Waals surface area contributed by atoms with E-state index in [1.807, 2.05) is 24.3 Å². The van der Waals surface area contributed by atoms with E-state index in [2.05, 4.69) is 15.9 Å². The van der Waals surface area contributed by atoms with Gasteiger partial charge in [0.05, 0.1) is 36.8 Å². The van der Waals surface area contributed by atoms with Gasteiger partial charge in [-0.1, -0.05) is 24.3 Å². The molecule has 2 atom stereocenters. The van der Waals surface area contributed by atoms with E-state index in [4.69, 9.17) is 14.2 Å². The SMILES string of the molecule is COc1ccc(OCCN(C(=O)C2=C(c3ccc(CCCOc4cc(F)ccc4Br)cc3)CC3CN(C(=O)O)CC2N3C(=O)O)C2CC2)cc1. The molecule has 2 N–H and O–H groups in total. The summed E-state index contributed by atoms with van der Waals surface area (Å²) < 4.78 is 31.2. The number of carboxylic acid groups (broad SMARTS) is 2. The van der Waals surface area contributed by atoms with Crippen LogP contribution in [0.2, 0.25) is 0 Å². The summed E-state index contributed by atoms with van der Waals surface area (Å²) in [5.41, 5.74) is 2.89. The molecule has 1 aliphatic carbocycles. The number of halogens is 2. The largest absolute Gasteiger partial charge is 0.497 e. The predicted octanol–water partition coefficient (Wildman–Crippen LogP) is 6.55. The molecule has 2 bridgehead atoms. The zero-order valence-electron chi connectivity index (χ0n) is 27.6. The second-order valence-electron chi connectivity index (χ2n) is 12.6. The lowest BCUT2D eigenvalue weighted by Crippen LogP contribution is -2.65. The molecule has 6 rings (SSSR count). The Labute approximate surface area is 297 Å². The van der Waals surface area contributed by atoms with Crippen LogP contribution in [0, 0.1) is 5.82 Å². The minimum Gasteiger partial charge on any atom is -0.497 e. The first kappa shape index (κ1) is 35.1. The van der Waals surface area contributed by atoms with Gasteiger partial charge in [0.15, 0.2) is 0 Å². The summed E-state index contributed by atoms with van der Waals surface area (Å²) in [7, 11) is 1.58. The molecule has 2 fully saturated rings. The van der Waals surface area contributed by atoms with E-state index in [1.165, 1.54) is 21.9 Å². The molecule has 1 saturated heterocycles. The van der Waals surface area contributed by atoms with Gasteiger partial charge in [-0.15, -0.1) is 0 Å². The summed E-state index contributed by atoms with van der Waals surface area (Å²) >= 11 is 3.37. The Bertz CT molecular complexity index is 1750. The number of amides is 3. The van der Waals surface area contributed by atoms with Crippen molar-refractivity contribution in [2.24, 2.45) is 0 Å². The predicted molar refractivity (Wildman–Crippen MR) is 186 cm³/mol. The van der Waals surface area contributed by atoms with E-state index in [0.717, 1.165) is 29.5 Å². The van der Waals surface area contributed by atoms with Crippen molar-refractivity contribution < 1.29 is 43.2 Å². The fourth-order valence-corrected chi connectivity index (χ4v) is 7.10. The van der Waals surface area contributed by atoms with Gasteiger partial charge in [0.2, 0.25) is 0 Å². The monoisotopic (exact) mass is 751 g/mol. The number of hydrogen-bond donors (Lipinski definition) is 2. The van der Waals surface area contributed by atoms with E-state index in [1.54, 1.807) is 42.3 Å². The van der Waals surface area contributed by atoms with E-state index in [9.17, 15) is 29.0 Å². The number of piperazine rings is 1. The van der Waals surface area contributed by atoms with Crippen molar-refractivity contribution in [1.82, 2.24) is 14.7 Å². The lowest BCUT2D eigenvalue weighted by atomic mass is 9.81. The number of hydrogen-bond acceptors (Lipinski definition) is 6. The molecule has 3 aliphatic rings. The number of rotatable bonds is 13. The fraction of sp³-hybridized carbons (Fsp3) is 0.378.